The highest BCUT2D eigenvalue weighted by Crippen LogP contribution is 1.97. The normalized spacial score (nSPS) is 18.0. The molecule has 1 atom stereocenters. The van der Waals surface area contributed by atoms with Crippen LogP contribution < -0.4 is 10.6 Å². The lowest BCUT2D eigenvalue weighted by molar-refractivity contribution is -0.129. The van der Waals surface area contributed by atoms with Crippen LogP contribution in [0.1, 0.15) is 20.6 Å². The van der Waals surface area contributed by atoms with Crippen LogP contribution in [0.15, 0.2) is 30.3 Å². The Bertz CT molecular complexity index is 559. The molecule has 0 fully saturated rings. The summed E-state index contributed by atoms with van der Waals surface area (Å²) >= 11 is 0. The zero-order chi connectivity index (χ0) is 18.4. The minimum atomic E-state index is -2.96. The summed E-state index contributed by atoms with van der Waals surface area (Å²) in [4.78, 5) is 23.7. The van der Waals surface area contributed by atoms with Gasteiger partial charge in [0.2, 0.25) is 11.8 Å². The summed E-state index contributed by atoms with van der Waals surface area (Å²) in [6.45, 7) is -3.51. The van der Waals surface area contributed by atoms with Crippen LogP contribution in [0.25, 0.3) is 0 Å². The highest BCUT2D eigenvalue weighted by atomic mass is 16.5. The van der Waals surface area contributed by atoms with Gasteiger partial charge in [-0.15, -0.1) is 0 Å². The molecule has 0 saturated heterocycles. The van der Waals surface area contributed by atoms with Gasteiger partial charge in [-0.1, -0.05) is 30.3 Å². The van der Waals surface area contributed by atoms with E-state index >= 15 is 0 Å². The van der Waals surface area contributed by atoms with E-state index in [0.29, 0.717) is 0 Å². The molecule has 0 bridgehead atoms. The van der Waals surface area contributed by atoms with Crippen molar-refractivity contribution in [3.8, 4) is 0 Å². The Balaban J connectivity index is 2.71. The smallest absolute Gasteiger partial charge is 0.245 e. The second-order valence-electron chi connectivity index (χ2n) is 3.54. The van der Waals surface area contributed by atoms with Gasteiger partial charge in [-0.05, 0) is 5.56 Å². The third-order valence-electron chi connectivity index (χ3n) is 2.18. The van der Waals surface area contributed by atoms with E-state index in [0.717, 1.165) is 5.56 Å². The molecule has 1 aromatic rings. The molecule has 1 aromatic carbocycles. The first kappa shape index (κ1) is 7.53. The van der Waals surface area contributed by atoms with Crippen molar-refractivity contribution in [1.82, 2.24) is 10.6 Å². The Morgan fingerprint density at radius 1 is 1.39 bits per heavy atom. The molecule has 2 amide bonds. The largest absolute Gasteiger partial charge is 0.382 e. The van der Waals surface area contributed by atoms with Crippen LogP contribution in [-0.2, 0) is 20.9 Å². The minimum Gasteiger partial charge on any atom is -0.382 e. The van der Waals surface area contributed by atoms with Crippen LogP contribution in [-0.4, -0.2) is 31.5 Å². The van der Waals surface area contributed by atoms with Crippen LogP contribution in [0, 0.1) is 0 Å². The predicted molar refractivity (Wildman–Crippen MR) is 67.8 cm³/mol. The molecule has 0 aliphatic heterocycles. The van der Waals surface area contributed by atoms with E-state index in [1.165, 1.54) is 0 Å². The van der Waals surface area contributed by atoms with E-state index in [1.807, 2.05) is 5.32 Å². The molecular formula is C13H18N2O3. The van der Waals surface area contributed by atoms with E-state index < -0.39 is 38.4 Å². The average molecular weight is 256 g/mol. The van der Waals surface area contributed by atoms with E-state index in [4.69, 9.17) is 8.22 Å². The Labute approximate surface area is 115 Å². The number of rotatable bonds is 6. The predicted octanol–water partition coefficient (Wildman–Crippen LogP) is 0.454. The Morgan fingerprint density at radius 2 is 2.17 bits per heavy atom. The quantitative estimate of drug-likeness (QED) is 0.776. The van der Waals surface area contributed by atoms with Crippen molar-refractivity contribution in [2.75, 3.05) is 13.6 Å². The molecule has 0 spiro atoms. The molecule has 2 N–H and O–H groups in total. The van der Waals surface area contributed by atoms with E-state index in [2.05, 4.69) is 10.1 Å². The van der Waals surface area contributed by atoms with Crippen LogP contribution in [0.5, 0.6) is 0 Å². The van der Waals surface area contributed by atoms with Crippen molar-refractivity contribution in [2.24, 2.45) is 0 Å². The zero-order valence-electron chi connectivity index (χ0n) is 15.6. The maximum Gasteiger partial charge on any atom is 0.245 e. The lowest BCUT2D eigenvalue weighted by Gasteiger charge is -2.16. The van der Waals surface area contributed by atoms with Gasteiger partial charge in [-0.25, -0.2) is 0 Å². The Morgan fingerprint density at radius 3 is 2.83 bits per heavy atom. The third kappa shape index (κ3) is 4.97. The molecule has 1 rings (SSSR count). The number of carbonyl (C=O) groups excluding carboxylic acids is 2. The first-order valence-corrected chi connectivity index (χ1v) is 5.25. The monoisotopic (exact) mass is 256 g/mol. The molecular weight excluding hydrogens is 232 g/mol. The second-order valence-corrected chi connectivity index (χ2v) is 3.54. The summed E-state index contributed by atoms with van der Waals surface area (Å²) in [5, 5.41) is 4.47. The van der Waals surface area contributed by atoms with Gasteiger partial charge in [0.15, 0.2) is 0 Å². The average Bonchev–Trinajstić information content (AvgIpc) is 2.48. The minimum absolute atomic E-state index is 0.133. The van der Waals surface area contributed by atoms with Crippen molar-refractivity contribution in [3.05, 3.63) is 35.9 Å². The standard InChI is InChI=1S/C13H18N2O3/c1-10(16)15-12(9-18-2)13(17)14-8-11-6-4-3-5-7-11/h3-7,12H,8-9H2,1-2H3,(H,14,17)(H,15,16)/i1D3,2D3. The number of hydrogen-bond acceptors (Lipinski definition) is 3. The second kappa shape index (κ2) is 7.45. The summed E-state index contributed by atoms with van der Waals surface area (Å²) in [5.41, 5.74) is 0.781. The number of carbonyl (C=O) groups is 2. The summed E-state index contributed by atoms with van der Waals surface area (Å²) in [5.74, 6) is -2.11. The first-order valence-electron chi connectivity index (χ1n) is 8.25. The maximum absolute atomic E-state index is 12.1. The number of benzene rings is 1. The van der Waals surface area contributed by atoms with Crippen LogP contribution in [0.3, 0.4) is 0 Å². The van der Waals surface area contributed by atoms with Crippen LogP contribution >= 0.6 is 0 Å². The number of methoxy groups -OCH3 is 1. The van der Waals surface area contributed by atoms with E-state index in [-0.39, 0.29) is 6.54 Å². The SMILES string of the molecule is [2H]C([2H])([2H])OCC(NC(=O)C([2H])([2H])[2H])C(=O)NCc1ccccc1. The first-order chi connectivity index (χ1) is 11.0. The van der Waals surface area contributed by atoms with Gasteiger partial charge in [-0.3, -0.25) is 9.59 Å². The van der Waals surface area contributed by atoms with E-state index in [9.17, 15) is 9.59 Å². The zero-order valence-corrected chi connectivity index (χ0v) is 9.60. The number of hydrogen-bond donors (Lipinski definition) is 2. The molecule has 98 valence electrons. The van der Waals surface area contributed by atoms with Gasteiger partial charge in [0.05, 0.1) is 10.7 Å². The van der Waals surface area contributed by atoms with Crippen LogP contribution in [0.4, 0.5) is 0 Å². The van der Waals surface area contributed by atoms with Crippen molar-refractivity contribution >= 4 is 11.8 Å². The fourth-order valence-electron chi connectivity index (χ4n) is 1.33. The highest BCUT2D eigenvalue weighted by molar-refractivity contribution is 5.86. The summed E-state index contributed by atoms with van der Waals surface area (Å²) in [6.07, 6.45) is 0. The number of ether oxygens (including phenoxy) is 1. The van der Waals surface area contributed by atoms with Crippen molar-refractivity contribution in [2.45, 2.75) is 19.4 Å². The lowest BCUT2D eigenvalue weighted by atomic mass is 10.2. The maximum atomic E-state index is 12.1. The summed E-state index contributed by atoms with van der Waals surface area (Å²) in [7, 11) is -2.78. The molecule has 1 unspecified atom stereocenters. The van der Waals surface area contributed by atoms with Gasteiger partial charge in [-0.2, -0.15) is 0 Å². The molecule has 0 aliphatic carbocycles. The highest BCUT2D eigenvalue weighted by Gasteiger charge is 2.18. The molecule has 0 heterocycles. The summed E-state index contributed by atoms with van der Waals surface area (Å²) < 4.78 is 46.4. The molecule has 5 heteroatoms. The van der Waals surface area contributed by atoms with Crippen LogP contribution in [0.2, 0.25) is 0 Å². The number of nitrogens with one attached hydrogen (secondary N) is 2. The molecule has 0 aromatic heterocycles. The fraction of sp³-hybridized carbons (Fsp3) is 0.385. The lowest BCUT2D eigenvalue weighted by Crippen LogP contribution is -2.48. The van der Waals surface area contributed by atoms with Crippen molar-refractivity contribution in [1.29, 1.82) is 0 Å². The third-order valence-corrected chi connectivity index (χ3v) is 2.18. The Hall–Kier alpha value is -1.88. The van der Waals surface area contributed by atoms with Gasteiger partial charge in [0.25, 0.3) is 0 Å². The summed E-state index contributed by atoms with van der Waals surface area (Å²) in [6, 6.07) is 7.42. The fourth-order valence-corrected chi connectivity index (χ4v) is 1.33. The Kier molecular flexibility index (Phi) is 3.12. The van der Waals surface area contributed by atoms with E-state index in [1.54, 1.807) is 30.3 Å². The molecule has 0 radical (unpaired) electrons. The topological polar surface area (TPSA) is 67.4 Å². The van der Waals surface area contributed by atoms with Gasteiger partial charge in [0.1, 0.15) is 6.04 Å². The number of amides is 2. The van der Waals surface area contributed by atoms with Gasteiger partial charge >= 0.3 is 0 Å². The van der Waals surface area contributed by atoms with Gasteiger partial charge in [0, 0.05) is 24.5 Å². The molecule has 18 heavy (non-hydrogen) atoms. The van der Waals surface area contributed by atoms with Crippen molar-refractivity contribution in [3.63, 3.8) is 0 Å². The molecule has 5 nitrogen and oxygen atoms in total. The van der Waals surface area contributed by atoms with Gasteiger partial charge < -0.3 is 15.4 Å². The molecule has 0 aliphatic rings. The molecule has 0 saturated carbocycles. The van der Waals surface area contributed by atoms with Crippen molar-refractivity contribution < 1.29 is 22.6 Å².